The molecule has 3 heterocycles. The molecule has 0 saturated heterocycles. The number of nitrogens with zero attached hydrogens (tertiary/aromatic N) is 3. The molecule has 184 valence electrons. The summed E-state index contributed by atoms with van der Waals surface area (Å²) >= 11 is 1.07. The van der Waals surface area contributed by atoms with Gasteiger partial charge in [0.15, 0.2) is 12.4 Å². The number of ketones is 1. The number of rotatable bonds is 8. The van der Waals surface area contributed by atoms with Crippen LogP contribution >= 0.6 is 11.3 Å². The largest absolute Gasteiger partial charge is 0.482 e. The molecule has 0 radical (unpaired) electrons. The van der Waals surface area contributed by atoms with Crippen LogP contribution in [0.15, 0.2) is 29.3 Å². The van der Waals surface area contributed by atoms with Gasteiger partial charge < -0.3 is 19.1 Å². The SMILES string of the molecule is CCN1C(=O)COc2ccc(C(=O)C(C)n3cnc4sc(C(=O)OCCOC)c(C)c4c3=O)cc21. The van der Waals surface area contributed by atoms with Gasteiger partial charge in [0.1, 0.15) is 22.1 Å². The Morgan fingerprint density at radius 1 is 1.26 bits per heavy atom. The summed E-state index contributed by atoms with van der Waals surface area (Å²) in [6.45, 7) is 5.86. The molecule has 11 heteroatoms. The van der Waals surface area contributed by atoms with Crippen LogP contribution in [0.25, 0.3) is 10.2 Å². The van der Waals surface area contributed by atoms with E-state index < -0.39 is 17.6 Å². The van der Waals surface area contributed by atoms with E-state index in [0.717, 1.165) is 11.3 Å². The van der Waals surface area contributed by atoms with Crippen LogP contribution in [0, 0.1) is 6.92 Å². The van der Waals surface area contributed by atoms with Gasteiger partial charge >= 0.3 is 5.97 Å². The maximum atomic E-state index is 13.3. The number of carbonyl (C=O) groups is 3. The number of aryl methyl sites for hydroxylation is 1. The number of likely N-dealkylation sites (N-methyl/N-ethyl adjacent to an activating group) is 1. The van der Waals surface area contributed by atoms with E-state index in [9.17, 15) is 19.2 Å². The Morgan fingerprint density at radius 2 is 2.03 bits per heavy atom. The van der Waals surface area contributed by atoms with Gasteiger partial charge in [-0.25, -0.2) is 9.78 Å². The number of methoxy groups -OCH3 is 1. The summed E-state index contributed by atoms with van der Waals surface area (Å²) in [6, 6.07) is 4.00. The highest BCUT2D eigenvalue weighted by molar-refractivity contribution is 7.20. The van der Waals surface area contributed by atoms with E-state index in [1.54, 1.807) is 36.9 Å². The van der Waals surface area contributed by atoms with Gasteiger partial charge in [-0.2, -0.15) is 0 Å². The number of esters is 1. The molecule has 10 nitrogen and oxygen atoms in total. The van der Waals surface area contributed by atoms with E-state index in [1.165, 1.54) is 18.0 Å². The zero-order chi connectivity index (χ0) is 25.3. The summed E-state index contributed by atoms with van der Waals surface area (Å²) in [5.74, 6) is -0.538. The summed E-state index contributed by atoms with van der Waals surface area (Å²) in [5, 5.41) is 0.275. The molecule has 0 fully saturated rings. The molecule has 1 aliphatic heterocycles. The minimum Gasteiger partial charge on any atom is -0.482 e. The topological polar surface area (TPSA) is 117 Å². The average Bonchev–Trinajstić information content (AvgIpc) is 3.20. The monoisotopic (exact) mass is 499 g/mol. The predicted octanol–water partition coefficient (Wildman–Crippen LogP) is 2.76. The van der Waals surface area contributed by atoms with Crippen LogP contribution in [0.2, 0.25) is 0 Å². The average molecular weight is 500 g/mol. The molecule has 4 rings (SSSR count). The number of hydrogen-bond acceptors (Lipinski definition) is 9. The Morgan fingerprint density at radius 3 is 2.74 bits per heavy atom. The highest BCUT2D eigenvalue weighted by Crippen LogP contribution is 2.34. The van der Waals surface area contributed by atoms with Gasteiger partial charge in [0, 0.05) is 19.2 Å². The molecule has 0 saturated carbocycles. The Hall–Kier alpha value is -3.57. The standard InChI is InChI=1S/C24H25N3O7S/c1-5-26-16-10-15(6-7-17(16)34-11-18(26)28)20(29)14(3)27-12-25-22-19(23(27)30)13(2)21(35-22)24(31)33-9-8-32-4/h6-7,10,12,14H,5,8-9,11H2,1-4H3. The summed E-state index contributed by atoms with van der Waals surface area (Å²) in [7, 11) is 1.50. The Kier molecular flexibility index (Phi) is 6.99. The van der Waals surface area contributed by atoms with Crippen molar-refractivity contribution in [1.82, 2.24) is 9.55 Å². The number of anilines is 1. The summed E-state index contributed by atoms with van der Waals surface area (Å²) in [4.78, 5) is 57.8. The maximum Gasteiger partial charge on any atom is 0.348 e. The Labute approximate surface area is 205 Å². The van der Waals surface area contributed by atoms with Crippen LogP contribution in [-0.2, 0) is 14.3 Å². The Balaban J connectivity index is 1.66. The van der Waals surface area contributed by atoms with Crippen LogP contribution in [0.3, 0.4) is 0 Å². The van der Waals surface area contributed by atoms with Gasteiger partial charge in [0.25, 0.3) is 11.5 Å². The molecule has 0 spiro atoms. The highest BCUT2D eigenvalue weighted by Gasteiger charge is 2.28. The second kappa shape index (κ2) is 9.96. The van der Waals surface area contributed by atoms with E-state index in [4.69, 9.17) is 14.2 Å². The highest BCUT2D eigenvalue weighted by atomic mass is 32.1. The number of hydrogen-bond donors (Lipinski definition) is 0. The van der Waals surface area contributed by atoms with Crippen LogP contribution in [0.1, 0.15) is 45.5 Å². The summed E-state index contributed by atoms with van der Waals surface area (Å²) < 4.78 is 16.8. The smallest absolute Gasteiger partial charge is 0.348 e. The molecule has 1 aliphatic rings. The molecule has 1 atom stereocenters. The molecular formula is C24H25N3O7S. The molecule has 1 amide bonds. The van der Waals surface area contributed by atoms with E-state index in [1.807, 2.05) is 6.92 Å². The van der Waals surface area contributed by atoms with Gasteiger partial charge in [0.05, 0.1) is 30.0 Å². The minimum absolute atomic E-state index is 0.0481. The van der Waals surface area contributed by atoms with Crippen molar-refractivity contribution >= 4 is 44.9 Å². The number of benzene rings is 1. The van der Waals surface area contributed by atoms with Gasteiger partial charge in [0.2, 0.25) is 0 Å². The second-order valence-corrected chi connectivity index (χ2v) is 8.97. The first-order valence-corrected chi connectivity index (χ1v) is 11.9. The molecule has 0 N–H and O–H groups in total. The molecule has 0 bridgehead atoms. The molecule has 2 aromatic heterocycles. The zero-order valence-electron chi connectivity index (χ0n) is 19.8. The van der Waals surface area contributed by atoms with Crippen molar-refractivity contribution in [2.45, 2.75) is 26.8 Å². The lowest BCUT2D eigenvalue weighted by atomic mass is 10.0. The molecular weight excluding hydrogens is 474 g/mol. The van der Waals surface area contributed by atoms with Gasteiger partial charge in [-0.3, -0.25) is 19.0 Å². The lowest BCUT2D eigenvalue weighted by molar-refractivity contribution is -0.121. The van der Waals surface area contributed by atoms with E-state index >= 15 is 0 Å². The predicted molar refractivity (Wildman–Crippen MR) is 130 cm³/mol. The quantitative estimate of drug-likeness (QED) is 0.264. The number of ether oxygens (including phenoxy) is 3. The van der Waals surface area contributed by atoms with Crippen molar-refractivity contribution in [3.63, 3.8) is 0 Å². The first kappa shape index (κ1) is 24.6. The fraction of sp³-hybridized carbons (Fsp3) is 0.375. The summed E-state index contributed by atoms with van der Waals surface area (Å²) in [6.07, 6.45) is 1.31. The number of Topliss-reactive ketones (excluding diaryl/α,β-unsaturated/α-hetero) is 1. The number of thiophene rings is 1. The molecule has 0 aliphatic carbocycles. The fourth-order valence-corrected chi connectivity index (χ4v) is 4.99. The van der Waals surface area contributed by atoms with Crippen molar-refractivity contribution in [1.29, 1.82) is 0 Å². The number of amides is 1. The zero-order valence-corrected chi connectivity index (χ0v) is 20.6. The van der Waals surface area contributed by atoms with Crippen LogP contribution < -0.4 is 15.2 Å². The second-order valence-electron chi connectivity index (χ2n) is 7.97. The van der Waals surface area contributed by atoms with E-state index in [0.29, 0.717) is 33.9 Å². The van der Waals surface area contributed by atoms with Crippen LogP contribution in [0.5, 0.6) is 5.75 Å². The third-order valence-electron chi connectivity index (χ3n) is 5.88. The molecule has 35 heavy (non-hydrogen) atoms. The Bertz CT molecular complexity index is 1380. The van der Waals surface area contributed by atoms with Crippen molar-refractivity contribution in [3.05, 3.63) is 50.9 Å². The molecule has 1 aromatic carbocycles. The third-order valence-corrected chi connectivity index (χ3v) is 7.06. The fourth-order valence-electron chi connectivity index (χ4n) is 3.96. The van der Waals surface area contributed by atoms with Crippen molar-refractivity contribution in [2.24, 2.45) is 0 Å². The third kappa shape index (κ3) is 4.44. The van der Waals surface area contributed by atoms with Gasteiger partial charge in [-0.15, -0.1) is 11.3 Å². The van der Waals surface area contributed by atoms with Crippen LogP contribution in [0.4, 0.5) is 5.69 Å². The van der Waals surface area contributed by atoms with Gasteiger partial charge in [-0.1, -0.05) is 0 Å². The number of fused-ring (bicyclic) bond motifs is 2. The number of carbonyl (C=O) groups excluding carboxylic acids is 3. The normalized spacial score (nSPS) is 13.9. The first-order chi connectivity index (χ1) is 16.8. The van der Waals surface area contributed by atoms with Crippen molar-refractivity contribution in [2.75, 3.05) is 38.4 Å². The lowest BCUT2D eigenvalue weighted by Gasteiger charge is -2.28. The molecule has 1 unspecified atom stereocenters. The lowest BCUT2D eigenvalue weighted by Crippen LogP contribution is -2.38. The van der Waals surface area contributed by atoms with Crippen LogP contribution in [-0.4, -0.2) is 60.7 Å². The minimum atomic E-state index is -0.871. The number of aromatic nitrogens is 2. The van der Waals surface area contributed by atoms with Crippen molar-refractivity contribution < 1.29 is 28.6 Å². The first-order valence-electron chi connectivity index (χ1n) is 11.1. The van der Waals surface area contributed by atoms with E-state index in [-0.39, 0.29) is 41.8 Å². The maximum absolute atomic E-state index is 13.3. The molecule has 3 aromatic rings. The van der Waals surface area contributed by atoms with Gasteiger partial charge in [-0.05, 0) is 44.5 Å². The van der Waals surface area contributed by atoms with E-state index in [2.05, 4.69) is 4.98 Å². The van der Waals surface area contributed by atoms with Crippen molar-refractivity contribution in [3.8, 4) is 5.75 Å². The summed E-state index contributed by atoms with van der Waals surface area (Å²) in [5.41, 5.74) is 0.895.